The molecule has 0 aromatic rings. The van der Waals surface area contributed by atoms with Crippen LogP contribution in [0, 0.1) is 10.8 Å². The van der Waals surface area contributed by atoms with Gasteiger partial charge in [0.15, 0.2) is 0 Å². The molecule has 2 atom stereocenters. The van der Waals surface area contributed by atoms with Crippen LogP contribution in [0.25, 0.3) is 0 Å². The van der Waals surface area contributed by atoms with Gasteiger partial charge in [-0.3, -0.25) is 0 Å². The summed E-state index contributed by atoms with van der Waals surface area (Å²) < 4.78 is 5.17. The molecule has 0 heterocycles. The first-order valence-electron chi connectivity index (χ1n) is 4.90. The van der Waals surface area contributed by atoms with Crippen molar-refractivity contribution in [2.45, 2.75) is 25.8 Å². The highest BCUT2D eigenvalue weighted by atomic mass is 16.5. The Morgan fingerprint density at radius 3 is 2.43 bits per heavy atom. The molecule has 2 unspecified atom stereocenters. The molecule has 0 rings (SSSR count). The van der Waals surface area contributed by atoms with Crippen LogP contribution >= 0.6 is 0 Å². The van der Waals surface area contributed by atoms with E-state index in [0.717, 1.165) is 12.8 Å². The minimum Gasteiger partial charge on any atom is -0.396 e. The van der Waals surface area contributed by atoms with Crippen molar-refractivity contribution in [3.8, 4) is 0 Å². The average molecular weight is 205 g/mol. The molecule has 5 nitrogen and oxygen atoms in total. The summed E-state index contributed by atoms with van der Waals surface area (Å²) in [5.41, 5.74) is 0. The van der Waals surface area contributed by atoms with E-state index in [1.54, 1.807) is 0 Å². The van der Waals surface area contributed by atoms with Crippen molar-refractivity contribution in [2.24, 2.45) is 11.1 Å². The molecule has 2 N–H and O–H groups in total. The van der Waals surface area contributed by atoms with Gasteiger partial charge in [-0.15, -0.1) is 0 Å². The Hall–Kier alpha value is -0.520. The molecule has 0 fully saturated rings. The van der Waals surface area contributed by atoms with Gasteiger partial charge in [0.1, 0.15) is 6.04 Å². The molecule has 0 aromatic carbocycles. The molecule has 0 spiro atoms. The maximum Gasteiger partial charge on any atom is 0.138 e. The van der Waals surface area contributed by atoms with Crippen molar-refractivity contribution < 1.29 is 14.9 Å². The molecule has 0 radical (unpaired) electrons. The number of nitrogens with zero attached hydrogens (tertiary/aromatic N) is 1. The SMILES string of the molecule is CCCC(CO)COCC(CO)N=O. The summed E-state index contributed by atoms with van der Waals surface area (Å²) in [6, 6.07) is -0.684. The summed E-state index contributed by atoms with van der Waals surface area (Å²) in [5, 5.41) is 20.2. The molecule has 0 saturated heterocycles. The Balaban J connectivity index is 3.53. The Bertz CT molecular complexity index is 143. The molecule has 0 bridgehead atoms. The lowest BCUT2D eigenvalue weighted by Crippen LogP contribution is -2.21. The average Bonchev–Trinajstić information content (AvgIpc) is 2.23. The number of nitroso groups, excluding NO2 is 1. The zero-order valence-electron chi connectivity index (χ0n) is 8.56. The van der Waals surface area contributed by atoms with Crippen LogP contribution in [0.5, 0.6) is 0 Å². The first-order chi connectivity index (χ1) is 6.78. The van der Waals surface area contributed by atoms with Gasteiger partial charge in [0.2, 0.25) is 0 Å². The van der Waals surface area contributed by atoms with E-state index in [-0.39, 0.29) is 25.7 Å². The van der Waals surface area contributed by atoms with Gasteiger partial charge < -0.3 is 14.9 Å². The second-order valence-electron chi connectivity index (χ2n) is 3.32. The fourth-order valence-corrected chi connectivity index (χ4v) is 1.12. The smallest absolute Gasteiger partial charge is 0.138 e. The summed E-state index contributed by atoms with van der Waals surface area (Å²) in [4.78, 5) is 10.1. The number of aliphatic hydroxyl groups is 2. The van der Waals surface area contributed by atoms with Gasteiger partial charge >= 0.3 is 0 Å². The van der Waals surface area contributed by atoms with Gasteiger partial charge in [0.05, 0.1) is 19.8 Å². The van der Waals surface area contributed by atoms with E-state index in [1.165, 1.54) is 0 Å². The zero-order chi connectivity index (χ0) is 10.8. The van der Waals surface area contributed by atoms with Crippen LogP contribution in [-0.2, 0) is 4.74 Å². The number of aliphatic hydroxyl groups excluding tert-OH is 2. The van der Waals surface area contributed by atoms with Gasteiger partial charge in [-0.1, -0.05) is 18.5 Å². The minimum atomic E-state index is -0.684. The quantitative estimate of drug-likeness (QED) is 0.538. The van der Waals surface area contributed by atoms with Crippen molar-refractivity contribution in [2.75, 3.05) is 26.4 Å². The monoisotopic (exact) mass is 205 g/mol. The molecule has 14 heavy (non-hydrogen) atoms. The number of hydrogen-bond donors (Lipinski definition) is 2. The Labute approximate surface area is 84.1 Å². The van der Waals surface area contributed by atoms with Gasteiger partial charge in [-0.25, -0.2) is 0 Å². The molecule has 84 valence electrons. The van der Waals surface area contributed by atoms with Crippen molar-refractivity contribution in [3.05, 3.63) is 4.91 Å². The van der Waals surface area contributed by atoms with Crippen LogP contribution in [0.15, 0.2) is 5.18 Å². The normalized spacial score (nSPS) is 15.1. The van der Waals surface area contributed by atoms with E-state index in [1.807, 2.05) is 6.92 Å². The van der Waals surface area contributed by atoms with E-state index in [0.29, 0.717) is 6.61 Å². The van der Waals surface area contributed by atoms with Crippen LogP contribution in [0.4, 0.5) is 0 Å². The summed E-state index contributed by atoms with van der Waals surface area (Å²) >= 11 is 0. The maximum absolute atomic E-state index is 10.1. The van der Waals surface area contributed by atoms with Crippen LogP contribution in [0.3, 0.4) is 0 Å². The molecule has 0 aliphatic carbocycles. The molecular weight excluding hydrogens is 186 g/mol. The highest BCUT2D eigenvalue weighted by Crippen LogP contribution is 2.06. The van der Waals surface area contributed by atoms with Crippen LogP contribution in [-0.4, -0.2) is 42.7 Å². The van der Waals surface area contributed by atoms with Crippen LogP contribution in [0.2, 0.25) is 0 Å². The lowest BCUT2D eigenvalue weighted by molar-refractivity contribution is 0.0527. The Morgan fingerprint density at radius 1 is 1.29 bits per heavy atom. The second kappa shape index (κ2) is 9.05. The lowest BCUT2D eigenvalue weighted by atomic mass is 10.1. The molecule has 0 aromatic heterocycles. The Kier molecular flexibility index (Phi) is 8.72. The summed E-state index contributed by atoms with van der Waals surface area (Å²) in [5.74, 6) is 0.117. The molecular formula is C9H19NO4. The van der Waals surface area contributed by atoms with Crippen molar-refractivity contribution in [1.29, 1.82) is 0 Å². The fraction of sp³-hybridized carbons (Fsp3) is 1.00. The lowest BCUT2D eigenvalue weighted by Gasteiger charge is -2.14. The molecule has 0 aliphatic rings. The largest absolute Gasteiger partial charge is 0.396 e. The van der Waals surface area contributed by atoms with Crippen molar-refractivity contribution >= 4 is 0 Å². The number of rotatable bonds is 9. The zero-order valence-corrected chi connectivity index (χ0v) is 8.56. The van der Waals surface area contributed by atoms with Crippen LogP contribution < -0.4 is 0 Å². The standard InChI is InChI=1S/C9H19NO4/c1-2-3-8(4-11)6-14-7-9(5-12)10-13/h8-9,11-12H,2-7H2,1H3. The fourth-order valence-electron chi connectivity index (χ4n) is 1.12. The molecule has 0 amide bonds. The van der Waals surface area contributed by atoms with E-state index in [2.05, 4.69) is 5.18 Å². The predicted molar refractivity (Wildman–Crippen MR) is 53.0 cm³/mol. The van der Waals surface area contributed by atoms with Crippen molar-refractivity contribution in [3.63, 3.8) is 0 Å². The van der Waals surface area contributed by atoms with E-state index in [4.69, 9.17) is 14.9 Å². The van der Waals surface area contributed by atoms with Gasteiger partial charge in [-0.2, -0.15) is 4.91 Å². The van der Waals surface area contributed by atoms with Gasteiger partial charge in [-0.05, 0) is 6.42 Å². The Morgan fingerprint density at radius 2 is 2.00 bits per heavy atom. The highest BCUT2D eigenvalue weighted by Gasteiger charge is 2.10. The van der Waals surface area contributed by atoms with Crippen LogP contribution in [0.1, 0.15) is 19.8 Å². The maximum atomic E-state index is 10.1. The first kappa shape index (κ1) is 13.5. The highest BCUT2D eigenvalue weighted by molar-refractivity contribution is 4.63. The van der Waals surface area contributed by atoms with E-state index < -0.39 is 6.04 Å². The first-order valence-corrected chi connectivity index (χ1v) is 4.90. The minimum absolute atomic E-state index is 0.0894. The number of ether oxygens (including phenoxy) is 1. The van der Waals surface area contributed by atoms with Gasteiger partial charge in [0.25, 0.3) is 0 Å². The summed E-state index contributed by atoms with van der Waals surface area (Å²) in [6.07, 6.45) is 1.89. The van der Waals surface area contributed by atoms with Gasteiger partial charge in [0, 0.05) is 12.5 Å². The third kappa shape index (κ3) is 6.01. The summed E-state index contributed by atoms with van der Waals surface area (Å²) in [6.45, 7) is 2.37. The number of hydrogen-bond acceptors (Lipinski definition) is 5. The molecule has 5 heteroatoms. The topological polar surface area (TPSA) is 79.1 Å². The molecule has 0 saturated carbocycles. The van der Waals surface area contributed by atoms with Crippen molar-refractivity contribution in [1.82, 2.24) is 0 Å². The summed E-state index contributed by atoms with van der Waals surface area (Å²) in [7, 11) is 0. The van der Waals surface area contributed by atoms with E-state index >= 15 is 0 Å². The third-order valence-corrected chi connectivity index (χ3v) is 1.98. The predicted octanol–water partition coefficient (Wildman–Crippen LogP) is 0.539. The van der Waals surface area contributed by atoms with E-state index in [9.17, 15) is 4.91 Å². The molecule has 0 aliphatic heterocycles. The second-order valence-corrected chi connectivity index (χ2v) is 3.32. The third-order valence-electron chi connectivity index (χ3n) is 1.98.